The summed E-state index contributed by atoms with van der Waals surface area (Å²) in [6.07, 6.45) is 0.711. The van der Waals surface area contributed by atoms with Crippen molar-refractivity contribution in [1.29, 1.82) is 0 Å². The van der Waals surface area contributed by atoms with Gasteiger partial charge in [-0.15, -0.1) is 0 Å². The molecule has 0 radical (unpaired) electrons. The maximum absolute atomic E-state index is 11.6. The summed E-state index contributed by atoms with van der Waals surface area (Å²) >= 11 is 0. The van der Waals surface area contributed by atoms with E-state index < -0.39 is 0 Å². The Morgan fingerprint density at radius 1 is 1.50 bits per heavy atom. The smallest absolute Gasteiger partial charge is 0.177 e. The Hall–Kier alpha value is -1.48. The van der Waals surface area contributed by atoms with E-state index in [1.807, 2.05) is 13.0 Å². The monoisotopic (exact) mass is 191 g/mol. The molecule has 0 amide bonds. The van der Waals surface area contributed by atoms with Crippen LogP contribution in [-0.4, -0.2) is 25.7 Å². The minimum absolute atomic E-state index is 0.0571. The Kier molecular flexibility index (Phi) is 3.54. The molecule has 0 bridgehead atoms. The first-order valence-electron chi connectivity index (χ1n) is 4.42. The fourth-order valence-electron chi connectivity index (χ4n) is 1.27. The summed E-state index contributed by atoms with van der Waals surface area (Å²) < 4.78 is 0. The highest BCUT2D eigenvalue weighted by Gasteiger charge is 2.09. The molecule has 1 N–H and O–H groups in total. The lowest BCUT2D eigenvalue weighted by atomic mass is 10.0. The molecular weight excluding hydrogens is 178 g/mol. The molecule has 0 aliphatic carbocycles. The number of aryl methyl sites for hydroxylation is 1. The van der Waals surface area contributed by atoms with Crippen molar-refractivity contribution in [2.75, 3.05) is 13.6 Å². The molecule has 0 aromatic heterocycles. The van der Waals surface area contributed by atoms with Crippen molar-refractivity contribution in [3.8, 4) is 0 Å². The molecule has 14 heavy (non-hydrogen) atoms. The maximum atomic E-state index is 11.6. The summed E-state index contributed by atoms with van der Waals surface area (Å²) in [7, 11) is 1.70. The molecule has 1 aromatic rings. The molecule has 0 aliphatic rings. The maximum Gasteiger partial charge on any atom is 0.177 e. The Morgan fingerprint density at radius 3 is 2.79 bits per heavy atom. The van der Waals surface area contributed by atoms with E-state index in [0.717, 1.165) is 5.56 Å². The molecule has 3 nitrogen and oxygen atoms in total. The third-order valence-electron chi connectivity index (χ3n) is 1.97. The highest BCUT2D eigenvalue weighted by Crippen LogP contribution is 2.10. The second-order valence-electron chi connectivity index (χ2n) is 3.16. The second-order valence-corrected chi connectivity index (χ2v) is 3.16. The Bertz CT molecular complexity index is 358. The van der Waals surface area contributed by atoms with Crippen molar-refractivity contribution < 1.29 is 9.59 Å². The van der Waals surface area contributed by atoms with Gasteiger partial charge in [0, 0.05) is 11.1 Å². The standard InChI is InChI=1S/C11H13NO2/c1-8-3-4-9(7-13)10(5-8)11(14)6-12-2/h3-5,7,12H,6H2,1-2H3. The molecule has 0 aliphatic heterocycles. The number of rotatable bonds is 4. The quantitative estimate of drug-likeness (QED) is 0.574. The van der Waals surface area contributed by atoms with Crippen LogP contribution < -0.4 is 5.32 Å². The molecule has 0 saturated heterocycles. The van der Waals surface area contributed by atoms with Crippen molar-refractivity contribution in [2.24, 2.45) is 0 Å². The number of hydrogen-bond donors (Lipinski definition) is 1. The molecule has 1 rings (SSSR count). The first-order valence-corrected chi connectivity index (χ1v) is 4.42. The third kappa shape index (κ3) is 2.26. The van der Waals surface area contributed by atoms with Crippen molar-refractivity contribution in [2.45, 2.75) is 6.92 Å². The van der Waals surface area contributed by atoms with E-state index in [1.165, 1.54) is 0 Å². The van der Waals surface area contributed by atoms with Crippen LogP contribution in [0.1, 0.15) is 26.3 Å². The molecule has 3 heteroatoms. The summed E-state index contributed by atoms with van der Waals surface area (Å²) in [6.45, 7) is 2.15. The van der Waals surface area contributed by atoms with Gasteiger partial charge in [-0.25, -0.2) is 0 Å². The van der Waals surface area contributed by atoms with Crippen molar-refractivity contribution in [3.63, 3.8) is 0 Å². The van der Waals surface area contributed by atoms with Gasteiger partial charge in [0.15, 0.2) is 12.1 Å². The lowest BCUT2D eigenvalue weighted by molar-refractivity contribution is 0.0986. The SMILES string of the molecule is CNCC(=O)c1cc(C)ccc1C=O. The zero-order chi connectivity index (χ0) is 10.6. The van der Waals surface area contributed by atoms with Gasteiger partial charge in [-0.1, -0.05) is 17.7 Å². The largest absolute Gasteiger partial charge is 0.313 e. The van der Waals surface area contributed by atoms with E-state index >= 15 is 0 Å². The summed E-state index contributed by atoms with van der Waals surface area (Å²) in [5, 5.41) is 2.77. The van der Waals surface area contributed by atoms with Crippen LogP contribution in [0.15, 0.2) is 18.2 Å². The molecule has 0 fully saturated rings. The summed E-state index contributed by atoms with van der Waals surface area (Å²) in [5.41, 5.74) is 1.93. The minimum atomic E-state index is -0.0571. The van der Waals surface area contributed by atoms with Gasteiger partial charge in [-0.05, 0) is 20.0 Å². The van der Waals surface area contributed by atoms with Crippen LogP contribution in [-0.2, 0) is 0 Å². The van der Waals surface area contributed by atoms with Crippen LogP contribution in [0.2, 0.25) is 0 Å². The van der Waals surface area contributed by atoms with E-state index in [2.05, 4.69) is 5.32 Å². The van der Waals surface area contributed by atoms with Gasteiger partial charge in [0.1, 0.15) is 0 Å². The van der Waals surface area contributed by atoms with Gasteiger partial charge in [0.25, 0.3) is 0 Å². The molecule has 0 unspecified atom stereocenters. The Morgan fingerprint density at radius 2 is 2.21 bits per heavy atom. The number of nitrogens with one attached hydrogen (secondary N) is 1. The number of benzene rings is 1. The van der Waals surface area contributed by atoms with Crippen LogP contribution in [0.25, 0.3) is 0 Å². The van der Waals surface area contributed by atoms with E-state index in [4.69, 9.17) is 0 Å². The van der Waals surface area contributed by atoms with Gasteiger partial charge >= 0.3 is 0 Å². The van der Waals surface area contributed by atoms with Crippen LogP contribution >= 0.6 is 0 Å². The topological polar surface area (TPSA) is 46.2 Å². The first-order chi connectivity index (χ1) is 6.69. The summed E-state index contributed by atoms with van der Waals surface area (Å²) in [5.74, 6) is -0.0571. The lowest BCUT2D eigenvalue weighted by Crippen LogP contribution is -2.19. The number of aldehydes is 1. The van der Waals surface area contributed by atoms with Crippen molar-refractivity contribution in [1.82, 2.24) is 5.32 Å². The second kappa shape index (κ2) is 4.67. The normalized spacial score (nSPS) is 9.86. The zero-order valence-corrected chi connectivity index (χ0v) is 8.33. The number of ketones is 1. The first kappa shape index (κ1) is 10.6. The molecule has 0 heterocycles. The number of hydrogen-bond acceptors (Lipinski definition) is 3. The van der Waals surface area contributed by atoms with E-state index in [9.17, 15) is 9.59 Å². The van der Waals surface area contributed by atoms with Gasteiger partial charge in [0.2, 0.25) is 0 Å². The highest BCUT2D eigenvalue weighted by atomic mass is 16.1. The fraction of sp³-hybridized carbons (Fsp3) is 0.273. The summed E-state index contributed by atoms with van der Waals surface area (Å²) in [6, 6.07) is 5.23. The number of likely N-dealkylation sites (N-methyl/N-ethyl adjacent to an activating group) is 1. The van der Waals surface area contributed by atoms with Crippen LogP contribution in [0.5, 0.6) is 0 Å². The van der Waals surface area contributed by atoms with E-state index in [1.54, 1.807) is 19.2 Å². The highest BCUT2D eigenvalue weighted by molar-refractivity contribution is 6.04. The fourth-order valence-corrected chi connectivity index (χ4v) is 1.27. The van der Waals surface area contributed by atoms with Crippen LogP contribution in [0, 0.1) is 6.92 Å². The Labute approximate surface area is 83.1 Å². The average molecular weight is 191 g/mol. The van der Waals surface area contributed by atoms with Gasteiger partial charge in [-0.3, -0.25) is 9.59 Å². The van der Waals surface area contributed by atoms with E-state index in [-0.39, 0.29) is 12.3 Å². The molecule has 0 spiro atoms. The zero-order valence-electron chi connectivity index (χ0n) is 8.33. The third-order valence-corrected chi connectivity index (χ3v) is 1.97. The molecule has 0 atom stereocenters. The number of Topliss-reactive ketones (excluding diaryl/α,β-unsaturated/α-hetero) is 1. The van der Waals surface area contributed by atoms with Crippen molar-refractivity contribution in [3.05, 3.63) is 34.9 Å². The molecule has 74 valence electrons. The predicted octanol–water partition coefficient (Wildman–Crippen LogP) is 1.21. The summed E-state index contributed by atoms with van der Waals surface area (Å²) in [4.78, 5) is 22.2. The van der Waals surface area contributed by atoms with Gasteiger partial charge in [0.05, 0.1) is 6.54 Å². The lowest BCUT2D eigenvalue weighted by Gasteiger charge is -2.04. The van der Waals surface area contributed by atoms with E-state index in [0.29, 0.717) is 17.4 Å². The van der Waals surface area contributed by atoms with Gasteiger partial charge < -0.3 is 5.32 Å². The molecular formula is C11H13NO2. The number of carbonyl (C=O) groups excluding carboxylic acids is 2. The molecule has 0 saturated carbocycles. The minimum Gasteiger partial charge on any atom is -0.313 e. The van der Waals surface area contributed by atoms with Crippen molar-refractivity contribution >= 4 is 12.1 Å². The Balaban J connectivity index is 3.10. The van der Waals surface area contributed by atoms with Crippen LogP contribution in [0.3, 0.4) is 0 Å². The predicted molar refractivity (Wildman–Crippen MR) is 54.8 cm³/mol. The molecule has 1 aromatic carbocycles. The average Bonchev–Trinajstić information content (AvgIpc) is 2.18. The van der Waals surface area contributed by atoms with Gasteiger partial charge in [-0.2, -0.15) is 0 Å². The van der Waals surface area contributed by atoms with Crippen LogP contribution in [0.4, 0.5) is 0 Å². The number of carbonyl (C=O) groups is 2.